The van der Waals surface area contributed by atoms with E-state index in [4.69, 9.17) is 4.74 Å². The third-order valence-electron chi connectivity index (χ3n) is 4.80. The maximum Gasteiger partial charge on any atom is 0.281 e. The Morgan fingerprint density at radius 3 is 2.46 bits per heavy atom. The number of piperidine rings is 1. The zero-order valence-corrected chi connectivity index (χ0v) is 17.9. The second kappa shape index (κ2) is 9.69. The van der Waals surface area contributed by atoms with Gasteiger partial charge in [-0.3, -0.25) is 4.79 Å². The second-order valence-corrected chi connectivity index (χ2v) is 9.49. The number of benzene rings is 1. The van der Waals surface area contributed by atoms with Crippen molar-refractivity contribution in [2.24, 2.45) is 0 Å². The Balaban J connectivity index is 2.01. The molecule has 1 N–H and O–H groups in total. The van der Waals surface area contributed by atoms with Gasteiger partial charge >= 0.3 is 0 Å². The summed E-state index contributed by atoms with van der Waals surface area (Å²) in [5.74, 6) is 0.439. The molecule has 1 aromatic carbocycles. The molecule has 1 amide bonds. The van der Waals surface area contributed by atoms with Gasteiger partial charge in [-0.05, 0) is 44.9 Å². The Hall–Kier alpha value is -1.68. The number of rotatable bonds is 8. The molecule has 0 bridgehead atoms. The smallest absolute Gasteiger partial charge is 0.281 e. The summed E-state index contributed by atoms with van der Waals surface area (Å²) in [5, 5.41) is 9.20. The molecular weight excluding hydrogens is 382 g/mol. The molecule has 1 saturated heterocycles. The van der Waals surface area contributed by atoms with Crippen LogP contribution in [0.5, 0.6) is 5.75 Å². The SMILES string of the molecule is CC(C)N(CCO)C(=O)c1cccc(OC2CCN(S(=O)(=O)N(C)C)CC2)c1. The fourth-order valence-electron chi connectivity index (χ4n) is 3.17. The van der Waals surface area contributed by atoms with Crippen LogP contribution < -0.4 is 4.74 Å². The van der Waals surface area contributed by atoms with Gasteiger partial charge in [0.25, 0.3) is 16.1 Å². The summed E-state index contributed by atoms with van der Waals surface area (Å²) < 4.78 is 33.1. The summed E-state index contributed by atoms with van der Waals surface area (Å²) in [6, 6.07) is 6.98. The number of hydrogen-bond acceptors (Lipinski definition) is 5. The summed E-state index contributed by atoms with van der Waals surface area (Å²) in [7, 11) is -0.346. The Kier molecular flexibility index (Phi) is 7.82. The van der Waals surface area contributed by atoms with Gasteiger partial charge < -0.3 is 14.7 Å². The average molecular weight is 414 g/mol. The van der Waals surface area contributed by atoms with Gasteiger partial charge in [0.15, 0.2) is 0 Å². The molecule has 158 valence electrons. The third-order valence-corrected chi connectivity index (χ3v) is 6.74. The lowest BCUT2D eigenvalue weighted by Gasteiger charge is -2.33. The molecule has 1 aliphatic rings. The van der Waals surface area contributed by atoms with E-state index >= 15 is 0 Å². The second-order valence-electron chi connectivity index (χ2n) is 7.35. The van der Waals surface area contributed by atoms with E-state index in [1.54, 1.807) is 29.2 Å². The molecule has 0 aliphatic carbocycles. The van der Waals surface area contributed by atoms with Crippen molar-refractivity contribution in [1.82, 2.24) is 13.5 Å². The first kappa shape index (κ1) is 22.6. The molecule has 1 aliphatic heterocycles. The summed E-state index contributed by atoms with van der Waals surface area (Å²) in [4.78, 5) is 14.3. The topological polar surface area (TPSA) is 90.4 Å². The van der Waals surface area contributed by atoms with Crippen LogP contribution in [0.4, 0.5) is 0 Å². The molecular formula is C19H31N3O5S. The lowest BCUT2D eigenvalue weighted by Crippen LogP contribution is -2.46. The number of amides is 1. The maximum atomic E-state index is 12.7. The Morgan fingerprint density at radius 1 is 1.29 bits per heavy atom. The normalized spacial score (nSPS) is 16.5. The van der Waals surface area contributed by atoms with Crippen LogP contribution in [-0.4, -0.2) is 85.4 Å². The Bertz CT molecular complexity index is 759. The van der Waals surface area contributed by atoms with E-state index < -0.39 is 10.2 Å². The van der Waals surface area contributed by atoms with Crippen molar-refractivity contribution in [3.05, 3.63) is 29.8 Å². The van der Waals surface area contributed by atoms with Crippen molar-refractivity contribution in [1.29, 1.82) is 0 Å². The Morgan fingerprint density at radius 2 is 1.93 bits per heavy atom. The van der Waals surface area contributed by atoms with E-state index in [1.165, 1.54) is 22.7 Å². The minimum Gasteiger partial charge on any atom is -0.490 e. The predicted octanol–water partition coefficient (Wildman–Crippen LogP) is 1.18. The fraction of sp³-hybridized carbons (Fsp3) is 0.632. The molecule has 0 radical (unpaired) electrons. The fourth-order valence-corrected chi connectivity index (χ4v) is 4.31. The van der Waals surface area contributed by atoms with Gasteiger partial charge in [0, 0.05) is 45.3 Å². The number of nitrogens with zero attached hydrogens (tertiary/aromatic N) is 3. The van der Waals surface area contributed by atoms with Crippen molar-refractivity contribution in [2.75, 3.05) is 40.3 Å². The molecule has 2 rings (SSSR count). The molecule has 8 nitrogen and oxygen atoms in total. The molecule has 9 heteroatoms. The van der Waals surface area contributed by atoms with E-state index in [1.807, 2.05) is 13.8 Å². The number of carbonyl (C=O) groups is 1. The van der Waals surface area contributed by atoms with Crippen molar-refractivity contribution in [3.8, 4) is 5.75 Å². The van der Waals surface area contributed by atoms with E-state index in [-0.39, 0.29) is 31.2 Å². The van der Waals surface area contributed by atoms with Crippen LogP contribution in [0.2, 0.25) is 0 Å². The van der Waals surface area contributed by atoms with Crippen LogP contribution in [0.15, 0.2) is 24.3 Å². The van der Waals surface area contributed by atoms with E-state index in [9.17, 15) is 18.3 Å². The van der Waals surface area contributed by atoms with Crippen LogP contribution in [0.3, 0.4) is 0 Å². The van der Waals surface area contributed by atoms with Crippen LogP contribution in [0.1, 0.15) is 37.0 Å². The number of aliphatic hydroxyl groups is 1. The van der Waals surface area contributed by atoms with Crippen molar-refractivity contribution in [2.45, 2.75) is 38.8 Å². The van der Waals surface area contributed by atoms with Gasteiger partial charge in [-0.15, -0.1) is 0 Å². The molecule has 1 fully saturated rings. The molecule has 28 heavy (non-hydrogen) atoms. The molecule has 0 unspecified atom stereocenters. The zero-order chi connectivity index (χ0) is 20.9. The van der Waals surface area contributed by atoms with Crippen molar-refractivity contribution < 1.29 is 23.1 Å². The van der Waals surface area contributed by atoms with Gasteiger partial charge in [-0.25, -0.2) is 0 Å². The summed E-state index contributed by atoms with van der Waals surface area (Å²) in [6.45, 7) is 4.81. The summed E-state index contributed by atoms with van der Waals surface area (Å²) in [5.41, 5.74) is 0.507. The van der Waals surface area contributed by atoms with Gasteiger partial charge in [0.1, 0.15) is 11.9 Å². The van der Waals surface area contributed by atoms with Crippen molar-refractivity contribution in [3.63, 3.8) is 0 Å². The quantitative estimate of drug-likeness (QED) is 0.691. The monoisotopic (exact) mass is 413 g/mol. The Labute approximate surface area is 167 Å². The third kappa shape index (κ3) is 5.44. The maximum absolute atomic E-state index is 12.7. The predicted molar refractivity (Wildman–Crippen MR) is 108 cm³/mol. The van der Waals surface area contributed by atoms with Crippen molar-refractivity contribution >= 4 is 16.1 Å². The lowest BCUT2D eigenvalue weighted by molar-refractivity contribution is 0.0664. The first-order valence-corrected chi connectivity index (χ1v) is 10.9. The van der Waals surface area contributed by atoms with Crippen LogP contribution in [0, 0.1) is 0 Å². The van der Waals surface area contributed by atoms with Gasteiger partial charge in [-0.2, -0.15) is 17.0 Å². The van der Waals surface area contributed by atoms with E-state index in [0.29, 0.717) is 37.2 Å². The minimum atomic E-state index is -3.40. The highest BCUT2D eigenvalue weighted by atomic mass is 32.2. The van der Waals surface area contributed by atoms with Gasteiger partial charge in [0.2, 0.25) is 0 Å². The molecule has 1 heterocycles. The molecule has 0 spiro atoms. The zero-order valence-electron chi connectivity index (χ0n) is 17.0. The first-order valence-electron chi connectivity index (χ1n) is 9.53. The summed E-state index contributed by atoms with van der Waals surface area (Å²) >= 11 is 0. The molecule has 0 aromatic heterocycles. The molecule has 1 aromatic rings. The highest BCUT2D eigenvalue weighted by Crippen LogP contribution is 2.23. The largest absolute Gasteiger partial charge is 0.490 e. The van der Waals surface area contributed by atoms with Crippen LogP contribution in [0.25, 0.3) is 0 Å². The van der Waals surface area contributed by atoms with Crippen LogP contribution >= 0.6 is 0 Å². The van der Waals surface area contributed by atoms with E-state index in [0.717, 1.165) is 0 Å². The number of carbonyl (C=O) groups excluding carboxylic acids is 1. The van der Waals surface area contributed by atoms with Gasteiger partial charge in [-0.1, -0.05) is 6.07 Å². The summed E-state index contributed by atoms with van der Waals surface area (Å²) in [6.07, 6.45) is 1.08. The van der Waals surface area contributed by atoms with Gasteiger partial charge in [0.05, 0.1) is 6.61 Å². The highest BCUT2D eigenvalue weighted by Gasteiger charge is 2.30. The average Bonchev–Trinajstić information content (AvgIpc) is 2.66. The lowest BCUT2D eigenvalue weighted by atomic mass is 10.1. The number of hydrogen-bond donors (Lipinski definition) is 1. The minimum absolute atomic E-state index is 0.0211. The first-order chi connectivity index (χ1) is 13.2. The number of ether oxygens (including phenoxy) is 1. The molecule has 0 saturated carbocycles. The number of aliphatic hydroxyl groups excluding tert-OH is 1. The van der Waals surface area contributed by atoms with E-state index in [2.05, 4.69) is 0 Å². The molecule has 0 atom stereocenters. The highest BCUT2D eigenvalue weighted by molar-refractivity contribution is 7.86. The van der Waals surface area contributed by atoms with Crippen LogP contribution in [-0.2, 0) is 10.2 Å². The standard InChI is InChI=1S/C19H31N3O5S/c1-15(2)22(12-13-23)19(24)16-6-5-7-18(14-16)27-17-8-10-21(11-9-17)28(25,26)20(3)4/h5-7,14-15,17,23H,8-13H2,1-4H3.